The summed E-state index contributed by atoms with van der Waals surface area (Å²) in [6, 6.07) is 20.2. The highest BCUT2D eigenvalue weighted by Gasteiger charge is 2.14. The summed E-state index contributed by atoms with van der Waals surface area (Å²) in [5.41, 5.74) is 1.01. The maximum Gasteiger partial charge on any atom is 0.227 e. The van der Waals surface area contributed by atoms with Gasteiger partial charge in [0.25, 0.3) is 0 Å². The van der Waals surface area contributed by atoms with Gasteiger partial charge in [0.05, 0.1) is 0 Å². The molecule has 0 aliphatic rings. The Morgan fingerprint density at radius 2 is 1.64 bits per heavy atom. The van der Waals surface area contributed by atoms with E-state index in [4.69, 9.17) is 0 Å². The van der Waals surface area contributed by atoms with Crippen molar-refractivity contribution in [3.63, 3.8) is 0 Å². The largest absolute Gasteiger partial charge is 0.312 e. The summed E-state index contributed by atoms with van der Waals surface area (Å²) in [6.07, 6.45) is 2.69. The molecule has 0 aliphatic heterocycles. The van der Waals surface area contributed by atoms with Crippen molar-refractivity contribution in [1.29, 1.82) is 0 Å². The lowest BCUT2D eigenvalue weighted by atomic mass is 10.2. The standard InChI is InChI=1S/C19H23NOS/c1-2-3-15-20(17-10-6-4-7-11-17)19(21)14-16-22-18-12-8-5-9-13-18/h4-13H,2-3,14-16H2,1H3. The number of nitrogens with zero attached hydrogens (tertiary/aromatic N) is 1. The van der Waals surface area contributed by atoms with Gasteiger partial charge in [-0.2, -0.15) is 0 Å². The van der Waals surface area contributed by atoms with Gasteiger partial charge in [0.15, 0.2) is 0 Å². The Morgan fingerprint density at radius 1 is 1.00 bits per heavy atom. The van der Waals surface area contributed by atoms with Crippen molar-refractivity contribution in [3.05, 3.63) is 60.7 Å². The highest BCUT2D eigenvalue weighted by Crippen LogP contribution is 2.20. The number of carbonyl (C=O) groups is 1. The Bertz CT molecular complexity index is 556. The van der Waals surface area contributed by atoms with Gasteiger partial charge in [0.1, 0.15) is 0 Å². The van der Waals surface area contributed by atoms with Crippen molar-refractivity contribution in [2.24, 2.45) is 0 Å². The number of amides is 1. The van der Waals surface area contributed by atoms with Crippen LogP contribution in [-0.2, 0) is 4.79 Å². The second-order valence-electron chi connectivity index (χ2n) is 5.15. The number of rotatable bonds is 8. The molecule has 2 rings (SSSR count). The van der Waals surface area contributed by atoms with E-state index in [9.17, 15) is 4.79 Å². The van der Waals surface area contributed by atoms with Gasteiger partial charge < -0.3 is 4.90 Å². The van der Waals surface area contributed by atoms with Crippen LogP contribution in [0.25, 0.3) is 0 Å². The molecule has 0 saturated heterocycles. The molecule has 0 atom stereocenters. The van der Waals surface area contributed by atoms with Crippen molar-refractivity contribution in [2.45, 2.75) is 31.1 Å². The molecular weight excluding hydrogens is 290 g/mol. The summed E-state index contributed by atoms with van der Waals surface area (Å²) in [4.78, 5) is 15.7. The average Bonchev–Trinajstić information content (AvgIpc) is 2.57. The molecule has 0 saturated carbocycles. The third-order valence-electron chi connectivity index (χ3n) is 3.43. The summed E-state index contributed by atoms with van der Waals surface area (Å²) in [6.45, 7) is 2.95. The second kappa shape index (κ2) is 9.31. The van der Waals surface area contributed by atoms with Crippen LogP contribution >= 0.6 is 11.8 Å². The van der Waals surface area contributed by atoms with Crippen molar-refractivity contribution in [3.8, 4) is 0 Å². The lowest BCUT2D eigenvalue weighted by Crippen LogP contribution is -2.32. The minimum absolute atomic E-state index is 0.211. The highest BCUT2D eigenvalue weighted by atomic mass is 32.2. The van der Waals surface area contributed by atoms with E-state index in [1.807, 2.05) is 53.4 Å². The predicted octanol–water partition coefficient (Wildman–Crippen LogP) is 5.00. The van der Waals surface area contributed by atoms with E-state index in [0.717, 1.165) is 30.8 Å². The molecule has 3 heteroatoms. The van der Waals surface area contributed by atoms with Crippen LogP contribution in [0.5, 0.6) is 0 Å². The van der Waals surface area contributed by atoms with E-state index in [0.29, 0.717) is 6.42 Å². The first-order valence-corrected chi connectivity index (χ1v) is 8.83. The fourth-order valence-electron chi connectivity index (χ4n) is 2.23. The predicted molar refractivity (Wildman–Crippen MR) is 95.5 cm³/mol. The number of benzene rings is 2. The molecular formula is C19H23NOS. The number of hydrogen-bond donors (Lipinski definition) is 0. The van der Waals surface area contributed by atoms with Crippen LogP contribution < -0.4 is 4.90 Å². The summed E-state index contributed by atoms with van der Waals surface area (Å²) in [5, 5.41) is 0. The fraction of sp³-hybridized carbons (Fsp3) is 0.316. The molecule has 1 amide bonds. The smallest absolute Gasteiger partial charge is 0.227 e. The molecule has 2 aromatic rings. The molecule has 2 aromatic carbocycles. The number of hydrogen-bond acceptors (Lipinski definition) is 2. The van der Waals surface area contributed by atoms with E-state index in [1.165, 1.54) is 4.90 Å². The molecule has 2 nitrogen and oxygen atoms in total. The van der Waals surface area contributed by atoms with Gasteiger partial charge in [0.2, 0.25) is 5.91 Å². The van der Waals surface area contributed by atoms with Gasteiger partial charge in [-0.05, 0) is 30.7 Å². The Labute approximate surface area is 137 Å². The fourth-order valence-corrected chi connectivity index (χ4v) is 3.09. The van der Waals surface area contributed by atoms with Crippen molar-refractivity contribution >= 4 is 23.4 Å². The van der Waals surface area contributed by atoms with Crippen molar-refractivity contribution in [1.82, 2.24) is 0 Å². The van der Waals surface area contributed by atoms with Gasteiger partial charge >= 0.3 is 0 Å². The summed E-state index contributed by atoms with van der Waals surface area (Å²) in [7, 11) is 0. The molecule has 22 heavy (non-hydrogen) atoms. The van der Waals surface area contributed by atoms with Gasteiger partial charge in [-0.25, -0.2) is 0 Å². The summed E-state index contributed by atoms with van der Waals surface area (Å²) >= 11 is 1.74. The van der Waals surface area contributed by atoms with Crippen molar-refractivity contribution < 1.29 is 4.79 Å². The van der Waals surface area contributed by atoms with Gasteiger partial charge in [-0.1, -0.05) is 49.7 Å². The molecule has 116 valence electrons. The number of unbranched alkanes of at least 4 members (excludes halogenated alkanes) is 1. The van der Waals surface area contributed by atoms with Crippen LogP contribution in [0.4, 0.5) is 5.69 Å². The Balaban J connectivity index is 1.91. The van der Waals surface area contributed by atoms with Gasteiger partial charge in [-0.15, -0.1) is 11.8 Å². The normalized spacial score (nSPS) is 10.4. The number of carbonyl (C=O) groups excluding carboxylic acids is 1. The molecule has 0 spiro atoms. The van der Waals surface area contributed by atoms with Crippen LogP contribution in [0, 0.1) is 0 Å². The average molecular weight is 313 g/mol. The zero-order valence-corrected chi connectivity index (χ0v) is 13.9. The third-order valence-corrected chi connectivity index (χ3v) is 4.45. The van der Waals surface area contributed by atoms with E-state index in [1.54, 1.807) is 11.8 Å². The molecule has 0 N–H and O–H groups in total. The minimum Gasteiger partial charge on any atom is -0.312 e. The zero-order chi connectivity index (χ0) is 15.6. The molecule has 0 radical (unpaired) electrons. The number of para-hydroxylation sites is 1. The van der Waals surface area contributed by atoms with E-state index < -0.39 is 0 Å². The maximum absolute atomic E-state index is 12.6. The molecule has 0 aromatic heterocycles. The topological polar surface area (TPSA) is 20.3 Å². The first-order valence-electron chi connectivity index (χ1n) is 7.84. The molecule has 0 aliphatic carbocycles. The number of thioether (sulfide) groups is 1. The SMILES string of the molecule is CCCCN(C(=O)CCSc1ccccc1)c1ccccc1. The Kier molecular flexibility index (Phi) is 7.04. The van der Waals surface area contributed by atoms with E-state index in [-0.39, 0.29) is 5.91 Å². The first-order chi connectivity index (χ1) is 10.8. The second-order valence-corrected chi connectivity index (χ2v) is 6.31. The minimum atomic E-state index is 0.211. The van der Waals surface area contributed by atoms with E-state index >= 15 is 0 Å². The third kappa shape index (κ3) is 5.23. The summed E-state index contributed by atoms with van der Waals surface area (Å²) in [5.74, 6) is 1.03. The van der Waals surface area contributed by atoms with Crippen LogP contribution in [0.3, 0.4) is 0 Å². The van der Waals surface area contributed by atoms with Crippen molar-refractivity contribution in [2.75, 3.05) is 17.2 Å². The molecule has 0 fully saturated rings. The number of anilines is 1. The highest BCUT2D eigenvalue weighted by molar-refractivity contribution is 7.99. The first kappa shape index (κ1) is 16.6. The van der Waals surface area contributed by atoms with E-state index in [2.05, 4.69) is 19.1 Å². The molecule has 0 bridgehead atoms. The maximum atomic E-state index is 12.6. The zero-order valence-electron chi connectivity index (χ0n) is 13.1. The quantitative estimate of drug-likeness (QED) is 0.639. The van der Waals surface area contributed by atoms with Crippen LogP contribution in [0.1, 0.15) is 26.2 Å². The Morgan fingerprint density at radius 3 is 2.27 bits per heavy atom. The summed E-state index contributed by atoms with van der Waals surface area (Å²) < 4.78 is 0. The monoisotopic (exact) mass is 313 g/mol. The lowest BCUT2D eigenvalue weighted by Gasteiger charge is -2.22. The Hall–Kier alpha value is -1.74. The lowest BCUT2D eigenvalue weighted by molar-refractivity contribution is -0.118. The molecule has 0 unspecified atom stereocenters. The van der Waals surface area contributed by atoms with Gasteiger partial charge in [0, 0.05) is 29.3 Å². The van der Waals surface area contributed by atoms with Crippen LogP contribution in [0.2, 0.25) is 0 Å². The van der Waals surface area contributed by atoms with Gasteiger partial charge in [-0.3, -0.25) is 4.79 Å². The molecule has 0 heterocycles. The van der Waals surface area contributed by atoms with Crippen LogP contribution in [-0.4, -0.2) is 18.2 Å². The van der Waals surface area contributed by atoms with Crippen LogP contribution in [0.15, 0.2) is 65.6 Å².